The normalized spacial score (nSPS) is 9.79. The van der Waals surface area contributed by atoms with Crippen molar-refractivity contribution in [2.45, 2.75) is 32.6 Å². The van der Waals surface area contributed by atoms with Gasteiger partial charge in [-0.25, -0.2) is 0 Å². The lowest BCUT2D eigenvalue weighted by Crippen LogP contribution is -2.14. The molecule has 0 atom stereocenters. The van der Waals surface area contributed by atoms with E-state index in [0.29, 0.717) is 6.42 Å². The minimum absolute atomic E-state index is 0.0307. The van der Waals surface area contributed by atoms with Crippen molar-refractivity contribution in [3.8, 4) is 0 Å². The molecule has 0 rings (SSSR count). The summed E-state index contributed by atoms with van der Waals surface area (Å²) >= 11 is 5.23. The van der Waals surface area contributed by atoms with E-state index >= 15 is 0 Å². The van der Waals surface area contributed by atoms with E-state index in [1.807, 2.05) is 0 Å². The van der Waals surface area contributed by atoms with Crippen LogP contribution in [0.2, 0.25) is 0 Å². The van der Waals surface area contributed by atoms with Gasteiger partial charge in [0.05, 0.1) is 19.1 Å². The molecule has 0 radical (unpaired) electrons. The van der Waals surface area contributed by atoms with Crippen molar-refractivity contribution in [1.82, 2.24) is 0 Å². The van der Waals surface area contributed by atoms with Gasteiger partial charge in [0.15, 0.2) is 5.78 Å². The molecule has 108 valence electrons. The molecule has 0 aliphatic carbocycles. The Morgan fingerprint density at radius 2 is 1.53 bits per heavy atom. The van der Waals surface area contributed by atoms with Gasteiger partial charge in [0, 0.05) is 6.42 Å². The molecule has 0 saturated carbocycles. The topological polar surface area (TPSA) is 86.7 Å². The zero-order chi connectivity index (χ0) is 14.7. The zero-order valence-corrected chi connectivity index (χ0v) is 11.5. The monoisotopic (exact) mass is 292 g/mol. The minimum atomic E-state index is -0.663. The van der Waals surface area contributed by atoms with Gasteiger partial charge in [-0.1, -0.05) is 0 Å². The molecule has 0 aliphatic heterocycles. The van der Waals surface area contributed by atoms with Crippen molar-refractivity contribution in [2.75, 3.05) is 19.1 Å². The molecule has 6 nitrogen and oxygen atoms in total. The number of hydrogen-bond donors (Lipinski definition) is 0. The number of ether oxygens (including phenoxy) is 2. The molecule has 0 aromatic heterocycles. The number of carbonyl (C=O) groups is 4. The molecular formula is C12H17ClO6. The average Bonchev–Trinajstić information content (AvgIpc) is 2.34. The lowest BCUT2D eigenvalue weighted by molar-refractivity contribution is -0.148. The van der Waals surface area contributed by atoms with E-state index in [9.17, 15) is 19.2 Å². The summed E-state index contributed by atoms with van der Waals surface area (Å²) in [7, 11) is 0. The van der Waals surface area contributed by atoms with Crippen LogP contribution < -0.4 is 0 Å². The number of ketones is 2. The maximum absolute atomic E-state index is 11.3. The lowest BCUT2D eigenvalue weighted by atomic mass is 10.2. The lowest BCUT2D eigenvalue weighted by Gasteiger charge is -2.04. The van der Waals surface area contributed by atoms with Gasteiger partial charge in [0.2, 0.25) is 0 Å². The van der Waals surface area contributed by atoms with Crippen molar-refractivity contribution in [1.29, 1.82) is 0 Å². The number of rotatable bonds is 10. The molecule has 19 heavy (non-hydrogen) atoms. The highest BCUT2D eigenvalue weighted by atomic mass is 35.5. The van der Waals surface area contributed by atoms with Crippen molar-refractivity contribution >= 4 is 35.1 Å². The number of alkyl halides is 1. The first-order valence-electron chi connectivity index (χ1n) is 5.90. The third-order valence-corrected chi connectivity index (χ3v) is 2.30. The minimum Gasteiger partial charge on any atom is -0.466 e. The maximum atomic E-state index is 11.3. The number of halogens is 1. The molecule has 0 amide bonds. The van der Waals surface area contributed by atoms with Crippen LogP contribution >= 0.6 is 11.6 Å². The van der Waals surface area contributed by atoms with E-state index < -0.39 is 17.7 Å². The van der Waals surface area contributed by atoms with Gasteiger partial charge in [0.1, 0.15) is 18.6 Å². The molecule has 7 heteroatoms. The van der Waals surface area contributed by atoms with Crippen LogP contribution in [0, 0.1) is 0 Å². The Hall–Kier alpha value is -1.43. The summed E-state index contributed by atoms with van der Waals surface area (Å²) in [6.07, 6.45) is -0.207. The first kappa shape index (κ1) is 17.6. The Balaban J connectivity index is 3.63. The summed E-state index contributed by atoms with van der Waals surface area (Å²) < 4.78 is 9.35. The highest BCUT2D eigenvalue weighted by Crippen LogP contribution is 1.99. The van der Waals surface area contributed by atoms with Crippen LogP contribution in [-0.2, 0) is 28.7 Å². The van der Waals surface area contributed by atoms with Crippen LogP contribution in [0.5, 0.6) is 0 Å². The molecule has 0 aromatic rings. The van der Waals surface area contributed by atoms with Crippen LogP contribution in [0.15, 0.2) is 0 Å². The molecule has 0 unspecified atom stereocenters. The highest BCUT2D eigenvalue weighted by Gasteiger charge is 2.12. The summed E-state index contributed by atoms with van der Waals surface area (Å²) in [5.41, 5.74) is 0. The Labute approximate surface area is 116 Å². The summed E-state index contributed by atoms with van der Waals surface area (Å²) in [6, 6.07) is 0. The quantitative estimate of drug-likeness (QED) is 0.259. The fourth-order valence-corrected chi connectivity index (χ4v) is 1.27. The van der Waals surface area contributed by atoms with Crippen molar-refractivity contribution in [2.24, 2.45) is 0 Å². The summed E-state index contributed by atoms with van der Waals surface area (Å²) in [6.45, 7) is 1.92. The maximum Gasteiger partial charge on any atom is 0.313 e. The Kier molecular flexibility index (Phi) is 9.70. The third kappa shape index (κ3) is 10.2. The number of esters is 2. The van der Waals surface area contributed by atoms with E-state index in [-0.39, 0.29) is 44.1 Å². The van der Waals surface area contributed by atoms with Gasteiger partial charge in [-0.2, -0.15) is 0 Å². The first-order valence-corrected chi connectivity index (χ1v) is 6.43. The fourth-order valence-electron chi connectivity index (χ4n) is 1.18. The van der Waals surface area contributed by atoms with E-state index in [0.717, 1.165) is 0 Å². The summed E-state index contributed by atoms with van der Waals surface area (Å²) in [4.78, 5) is 44.1. The molecular weight excluding hydrogens is 276 g/mol. The second kappa shape index (κ2) is 10.5. The Bertz CT molecular complexity index is 339. The van der Waals surface area contributed by atoms with Crippen LogP contribution in [0.4, 0.5) is 0 Å². The van der Waals surface area contributed by atoms with Crippen molar-refractivity contribution < 1.29 is 28.7 Å². The molecule has 0 fully saturated rings. The van der Waals surface area contributed by atoms with Gasteiger partial charge in [-0.05, 0) is 13.3 Å². The van der Waals surface area contributed by atoms with Crippen LogP contribution in [0.25, 0.3) is 0 Å². The van der Waals surface area contributed by atoms with E-state index in [4.69, 9.17) is 16.3 Å². The second-order valence-corrected chi connectivity index (χ2v) is 3.96. The summed E-state index contributed by atoms with van der Waals surface area (Å²) in [5.74, 6) is -2.13. The van der Waals surface area contributed by atoms with Gasteiger partial charge in [-0.15, -0.1) is 11.6 Å². The number of Topliss-reactive ketones (excluding diaryl/α,β-unsaturated/α-hetero) is 2. The molecule has 0 spiro atoms. The van der Waals surface area contributed by atoms with Gasteiger partial charge < -0.3 is 9.47 Å². The molecule has 0 saturated heterocycles. The molecule has 0 heterocycles. The number of hydrogen-bond acceptors (Lipinski definition) is 6. The van der Waals surface area contributed by atoms with E-state index in [2.05, 4.69) is 4.74 Å². The fraction of sp³-hybridized carbons (Fsp3) is 0.667. The Morgan fingerprint density at radius 1 is 0.947 bits per heavy atom. The van der Waals surface area contributed by atoms with Gasteiger partial charge in [0.25, 0.3) is 0 Å². The standard InChI is InChI=1S/C12H17ClO6/c1-2-18-11(16)6-9(14)4-3-5-19-12(17)7-10(15)8-13/h2-8H2,1H3. The van der Waals surface area contributed by atoms with Crippen molar-refractivity contribution in [3.63, 3.8) is 0 Å². The molecule has 0 aliphatic rings. The smallest absolute Gasteiger partial charge is 0.313 e. The molecule has 0 bridgehead atoms. The number of carbonyl (C=O) groups excluding carboxylic acids is 4. The zero-order valence-electron chi connectivity index (χ0n) is 10.8. The predicted molar refractivity (Wildman–Crippen MR) is 66.8 cm³/mol. The van der Waals surface area contributed by atoms with E-state index in [1.165, 1.54) is 0 Å². The average molecular weight is 293 g/mol. The van der Waals surface area contributed by atoms with Crippen LogP contribution in [-0.4, -0.2) is 42.6 Å². The highest BCUT2D eigenvalue weighted by molar-refractivity contribution is 6.28. The second-order valence-electron chi connectivity index (χ2n) is 3.69. The molecule has 0 aromatic carbocycles. The van der Waals surface area contributed by atoms with Gasteiger partial charge in [-0.3, -0.25) is 19.2 Å². The molecule has 0 N–H and O–H groups in total. The van der Waals surface area contributed by atoms with E-state index in [1.54, 1.807) is 6.92 Å². The predicted octanol–water partition coefficient (Wildman–Crippen LogP) is 1.03. The Morgan fingerprint density at radius 3 is 2.11 bits per heavy atom. The summed E-state index contributed by atoms with van der Waals surface area (Å²) in [5, 5.41) is 0. The largest absolute Gasteiger partial charge is 0.466 e. The van der Waals surface area contributed by atoms with Crippen LogP contribution in [0.3, 0.4) is 0 Å². The van der Waals surface area contributed by atoms with Gasteiger partial charge >= 0.3 is 11.9 Å². The third-order valence-electron chi connectivity index (χ3n) is 2.00. The van der Waals surface area contributed by atoms with Crippen molar-refractivity contribution in [3.05, 3.63) is 0 Å². The van der Waals surface area contributed by atoms with Crippen LogP contribution in [0.1, 0.15) is 32.6 Å². The first-order chi connectivity index (χ1) is 8.99. The SMILES string of the molecule is CCOC(=O)CC(=O)CCCOC(=O)CC(=O)CCl.